The van der Waals surface area contributed by atoms with Crippen LogP contribution in [0.2, 0.25) is 5.02 Å². The number of nitrogens with zero attached hydrogens (tertiary/aromatic N) is 4. The van der Waals surface area contributed by atoms with Crippen molar-refractivity contribution in [2.45, 2.75) is 32.7 Å². The van der Waals surface area contributed by atoms with Gasteiger partial charge < -0.3 is 9.88 Å². The summed E-state index contributed by atoms with van der Waals surface area (Å²) >= 11 is 6.49. The first kappa shape index (κ1) is 20.4. The van der Waals surface area contributed by atoms with Crippen LogP contribution in [0.3, 0.4) is 0 Å². The predicted octanol–water partition coefficient (Wildman–Crippen LogP) is 6.05. The average molecular weight is 452 g/mol. The molecule has 3 heterocycles. The summed E-state index contributed by atoms with van der Waals surface area (Å²) in [6.45, 7) is 2.77. The molecule has 0 aliphatic carbocycles. The van der Waals surface area contributed by atoms with Gasteiger partial charge in [0, 0.05) is 29.8 Å². The van der Waals surface area contributed by atoms with Crippen LogP contribution in [0.1, 0.15) is 24.5 Å². The Morgan fingerprint density at radius 1 is 1.34 bits per heavy atom. The first-order valence-corrected chi connectivity index (χ1v) is 10.7. The highest BCUT2D eigenvalue weighted by Crippen LogP contribution is 2.37. The van der Waals surface area contributed by atoms with Crippen molar-refractivity contribution in [1.82, 2.24) is 14.5 Å². The second kappa shape index (κ2) is 7.87. The molecule has 0 amide bonds. The quantitative estimate of drug-likeness (QED) is 0.295. The van der Waals surface area contributed by atoms with Crippen LogP contribution in [0.25, 0.3) is 22.2 Å². The Labute approximate surface area is 188 Å². The van der Waals surface area contributed by atoms with Crippen molar-refractivity contribution >= 4 is 39.8 Å². The lowest BCUT2D eigenvalue weighted by molar-refractivity contribution is -0.387. The van der Waals surface area contributed by atoms with Crippen LogP contribution in [0, 0.1) is 15.9 Å². The molecule has 0 radical (unpaired) electrons. The number of anilines is 2. The van der Waals surface area contributed by atoms with E-state index in [0.717, 1.165) is 30.3 Å². The standard InChI is InChI=1S/C23H19ClFN5O2/c1-2-13-9-18(25)20(30(31)32)10-19(13)27-23-26-11-17(24)21(28-23)16-12-29-8-4-6-14-5-3-7-15(16)22(14)29/h3,5,7,9-12H,2,4,6,8H2,1H3,(H,26,27,28). The van der Waals surface area contributed by atoms with Crippen LogP contribution in [-0.2, 0) is 19.4 Å². The van der Waals surface area contributed by atoms with Gasteiger partial charge in [0.2, 0.25) is 11.8 Å². The number of nitrogens with one attached hydrogen (secondary N) is 1. The molecule has 0 fully saturated rings. The normalized spacial score (nSPS) is 12.8. The van der Waals surface area contributed by atoms with Crippen molar-refractivity contribution in [2.75, 3.05) is 5.32 Å². The number of para-hydroxylation sites is 1. The third-order valence-corrected chi connectivity index (χ3v) is 6.10. The van der Waals surface area contributed by atoms with Gasteiger partial charge in [0.15, 0.2) is 0 Å². The van der Waals surface area contributed by atoms with Gasteiger partial charge in [-0.2, -0.15) is 4.39 Å². The number of halogens is 2. The largest absolute Gasteiger partial charge is 0.347 e. The molecule has 0 atom stereocenters. The van der Waals surface area contributed by atoms with Gasteiger partial charge in [0.1, 0.15) is 0 Å². The maximum absolute atomic E-state index is 14.0. The number of nitro benzene ring substituents is 1. The van der Waals surface area contributed by atoms with E-state index in [4.69, 9.17) is 11.6 Å². The van der Waals surface area contributed by atoms with Crippen molar-refractivity contribution < 1.29 is 9.31 Å². The molecule has 2 aromatic heterocycles. The van der Waals surface area contributed by atoms with Crippen LogP contribution in [0.4, 0.5) is 21.7 Å². The molecule has 1 aliphatic rings. The van der Waals surface area contributed by atoms with Crippen LogP contribution in [0.15, 0.2) is 42.7 Å². The van der Waals surface area contributed by atoms with E-state index in [2.05, 4.69) is 38.2 Å². The van der Waals surface area contributed by atoms with Crippen molar-refractivity contribution in [3.8, 4) is 11.3 Å². The maximum Gasteiger partial charge on any atom is 0.306 e. The van der Waals surface area contributed by atoms with Gasteiger partial charge >= 0.3 is 5.69 Å². The smallest absolute Gasteiger partial charge is 0.306 e. The van der Waals surface area contributed by atoms with Crippen LogP contribution in [-0.4, -0.2) is 19.5 Å². The average Bonchev–Trinajstić information content (AvgIpc) is 3.16. The Balaban J connectivity index is 1.60. The molecule has 1 aliphatic heterocycles. The Morgan fingerprint density at radius 2 is 2.19 bits per heavy atom. The van der Waals surface area contributed by atoms with Gasteiger partial charge in [-0.1, -0.05) is 36.7 Å². The van der Waals surface area contributed by atoms with E-state index >= 15 is 0 Å². The number of aromatic nitrogens is 3. The zero-order valence-electron chi connectivity index (χ0n) is 17.2. The Kier molecular flexibility index (Phi) is 5.01. The number of rotatable bonds is 5. The summed E-state index contributed by atoms with van der Waals surface area (Å²) in [7, 11) is 0. The maximum atomic E-state index is 14.0. The van der Waals surface area contributed by atoms with Gasteiger partial charge in [-0.25, -0.2) is 9.97 Å². The number of nitro groups is 1. The first-order chi connectivity index (χ1) is 15.5. The molecule has 4 aromatic rings. The Bertz CT molecular complexity index is 1380. The third-order valence-electron chi connectivity index (χ3n) is 5.82. The molecule has 2 aromatic carbocycles. The molecule has 32 heavy (non-hydrogen) atoms. The molecule has 0 spiro atoms. The van der Waals surface area contributed by atoms with E-state index in [9.17, 15) is 14.5 Å². The fraction of sp³-hybridized carbons (Fsp3) is 0.217. The second-order valence-corrected chi connectivity index (χ2v) is 8.15. The van der Waals surface area contributed by atoms with Crippen molar-refractivity contribution in [3.63, 3.8) is 0 Å². The van der Waals surface area contributed by atoms with E-state index in [1.54, 1.807) is 0 Å². The van der Waals surface area contributed by atoms with E-state index in [-0.39, 0.29) is 5.95 Å². The van der Waals surface area contributed by atoms with Gasteiger partial charge in [-0.15, -0.1) is 0 Å². The molecule has 0 saturated heterocycles. The summed E-state index contributed by atoms with van der Waals surface area (Å²) in [6, 6.07) is 8.58. The molecule has 162 valence electrons. The highest BCUT2D eigenvalue weighted by Gasteiger charge is 2.21. The first-order valence-electron chi connectivity index (χ1n) is 10.3. The second-order valence-electron chi connectivity index (χ2n) is 7.74. The molecule has 7 nitrogen and oxygen atoms in total. The fourth-order valence-corrected chi connectivity index (χ4v) is 4.53. The molecule has 0 saturated carbocycles. The monoisotopic (exact) mass is 451 g/mol. The Morgan fingerprint density at radius 3 is 2.97 bits per heavy atom. The lowest BCUT2D eigenvalue weighted by Crippen LogP contribution is -2.05. The van der Waals surface area contributed by atoms with Crippen molar-refractivity contribution in [2.24, 2.45) is 0 Å². The summed E-state index contributed by atoms with van der Waals surface area (Å²) in [5, 5.41) is 15.7. The van der Waals surface area contributed by atoms with Crippen LogP contribution >= 0.6 is 11.6 Å². The fourth-order valence-electron chi connectivity index (χ4n) is 4.33. The third kappa shape index (κ3) is 3.36. The van der Waals surface area contributed by atoms with Crippen molar-refractivity contribution in [3.05, 3.63) is 74.8 Å². The number of hydrogen-bond donors (Lipinski definition) is 1. The summed E-state index contributed by atoms with van der Waals surface area (Å²) in [5.74, 6) is -0.642. The zero-order valence-corrected chi connectivity index (χ0v) is 18.0. The predicted molar refractivity (Wildman–Crippen MR) is 122 cm³/mol. The summed E-state index contributed by atoms with van der Waals surface area (Å²) in [6.07, 6.45) is 6.16. The zero-order chi connectivity index (χ0) is 22.4. The minimum absolute atomic E-state index is 0.229. The van der Waals surface area contributed by atoms with Crippen LogP contribution in [0.5, 0.6) is 0 Å². The van der Waals surface area contributed by atoms with E-state index in [1.165, 1.54) is 29.4 Å². The molecule has 9 heteroatoms. The minimum Gasteiger partial charge on any atom is -0.347 e. The van der Waals surface area contributed by atoms with E-state index in [1.807, 2.05) is 13.0 Å². The molecule has 5 rings (SSSR count). The lowest BCUT2D eigenvalue weighted by atomic mass is 10.0. The lowest BCUT2D eigenvalue weighted by Gasteiger charge is -2.14. The highest BCUT2D eigenvalue weighted by atomic mass is 35.5. The van der Waals surface area contributed by atoms with E-state index < -0.39 is 16.4 Å². The minimum atomic E-state index is -0.871. The number of hydrogen-bond acceptors (Lipinski definition) is 5. The summed E-state index contributed by atoms with van der Waals surface area (Å²) < 4.78 is 16.3. The molecule has 0 bridgehead atoms. The number of aryl methyl sites for hydroxylation is 3. The molecular formula is C23H19ClFN5O2. The van der Waals surface area contributed by atoms with Crippen LogP contribution < -0.4 is 5.32 Å². The van der Waals surface area contributed by atoms with E-state index in [0.29, 0.717) is 28.4 Å². The number of benzene rings is 2. The van der Waals surface area contributed by atoms with Gasteiger partial charge in [0.05, 0.1) is 33.0 Å². The van der Waals surface area contributed by atoms with Crippen molar-refractivity contribution in [1.29, 1.82) is 0 Å². The van der Waals surface area contributed by atoms with Gasteiger partial charge in [-0.3, -0.25) is 10.1 Å². The SMILES string of the molecule is CCc1cc(F)c([N+](=O)[O-])cc1Nc1ncc(Cl)c(-c2cn3c4c(cccc24)CCC3)n1. The topological polar surface area (TPSA) is 85.9 Å². The Hall–Kier alpha value is -3.52. The van der Waals surface area contributed by atoms with Gasteiger partial charge in [-0.05, 0) is 36.5 Å². The molecule has 1 N–H and O–H groups in total. The highest BCUT2D eigenvalue weighted by molar-refractivity contribution is 6.33. The molecular weight excluding hydrogens is 433 g/mol. The summed E-state index contributed by atoms with van der Waals surface area (Å²) in [4.78, 5) is 19.3. The molecule has 0 unspecified atom stereocenters. The van der Waals surface area contributed by atoms with Gasteiger partial charge in [0.25, 0.3) is 0 Å². The summed E-state index contributed by atoms with van der Waals surface area (Å²) in [5.41, 5.74) is 4.33.